The van der Waals surface area contributed by atoms with E-state index in [1.807, 2.05) is 23.1 Å². The lowest BCUT2D eigenvalue weighted by Gasteiger charge is -2.47. The van der Waals surface area contributed by atoms with E-state index in [9.17, 15) is 4.79 Å². The Bertz CT molecular complexity index is 894. The van der Waals surface area contributed by atoms with Gasteiger partial charge in [0.05, 0.1) is 40.5 Å². The van der Waals surface area contributed by atoms with Gasteiger partial charge in [0.15, 0.2) is 11.5 Å². The average molecular weight is 369 g/mol. The van der Waals surface area contributed by atoms with Crippen LogP contribution < -0.4 is 14.2 Å². The molecule has 0 radical (unpaired) electrons. The zero-order valence-electron chi connectivity index (χ0n) is 15.9. The van der Waals surface area contributed by atoms with Gasteiger partial charge >= 0.3 is 6.09 Å². The van der Waals surface area contributed by atoms with E-state index >= 15 is 0 Å². The van der Waals surface area contributed by atoms with Crippen molar-refractivity contribution in [1.29, 1.82) is 0 Å². The molecule has 2 bridgehead atoms. The van der Waals surface area contributed by atoms with Gasteiger partial charge in [0.25, 0.3) is 0 Å². The van der Waals surface area contributed by atoms with Gasteiger partial charge in [-0.05, 0) is 59.4 Å². The summed E-state index contributed by atoms with van der Waals surface area (Å²) >= 11 is 0. The second kappa shape index (κ2) is 6.68. The fourth-order valence-electron chi connectivity index (χ4n) is 4.34. The lowest BCUT2D eigenvalue weighted by atomic mass is 9.76. The summed E-state index contributed by atoms with van der Waals surface area (Å²) in [5, 5.41) is 0. The number of methoxy groups -OCH3 is 4. The van der Waals surface area contributed by atoms with E-state index < -0.39 is 0 Å². The largest absolute Gasteiger partial charge is 0.497 e. The third kappa shape index (κ3) is 2.67. The first kappa shape index (κ1) is 17.5. The summed E-state index contributed by atoms with van der Waals surface area (Å²) in [5.74, 6) is 2.19. The summed E-state index contributed by atoms with van der Waals surface area (Å²) in [5.41, 5.74) is 4.58. The Labute approximate surface area is 158 Å². The molecule has 0 aliphatic carbocycles. The first-order valence-electron chi connectivity index (χ1n) is 8.89. The molecule has 0 saturated heterocycles. The second-order valence-corrected chi connectivity index (χ2v) is 6.79. The van der Waals surface area contributed by atoms with Crippen molar-refractivity contribution in [3.63, 3.8) is 0 Å². The number of hydrogen-bond donors (Lipinski definition) is 0. The van der Waals surface area contributed by atoms with E-state index in [4.69, 9.17) is 18.9 Å². The third-order valence-electron chi connectivity index (χ3n) is 5.60. The molecule has 2 aliphatic rings. The van der Waals surface area contributed by atoms with Crippen LogP contribution in [0.1, 0.15) is 34.3 Å². The Morgan fingerprint density at radius 3 is 2.11 bits per heavy atom. The van der Waals surface area contributed by atoms with Gasteiger partial charge < -0.3 is 18.9 Å². The van der Waals surface area contributed by atoms with Crippen molar-refractivity contribution in [2.75, 3.05) is 28.4 Å². The molecule has 2 aliphatic heterocycles. The molecule has 0 fully saturated rings. The van der Waals surface area contributed by atoms with Crippen LogP contribution in [0.5, 0.6) is 17.2 Å². The van der Waals surface area contributed by atoms with Crippen LogP contribution >= 0.6 is 0 Å². The third-order valence-corrected chi connectivity index (χ3v) is 5.60. The predicted octanol–water partition coefficient (Wildman–Crippen LogP) is 3.68. The molecule has 142 valence electrons. The fourth-order valence-corrected chi connectivity index (χ4v) is 4.34. The van der Waals surface area contributed by atoms with Crippen molar-refractivity contribution in [2.45, 2.75) is 24.9 Å². The zero-order valence-corrected chi connectivity index (χ0v) is 15.9. The molecule has 2 aromatic rings. The van der Waals surface area contributed by atoms with Gasteiger partial charge in [0.1, 0.15) is 5.75 Å². The SMILES string of the molecule is COC(=O)N1C2Cc3cc(OC)c(OC)cc3C1Cc1cc(OC)ccc12. The highest BCUT2D eigenvalue weighted by Gasteiger charge is 2.44. The van der Waals surface area contributed by atoms with E-state index in [0.717, 1.165) is 16.9 Å². The molecule has 0 N–H and O–H groups in total. The Morgan fingerprint density at radius 1 is 0.852 bits per heavy atom. The highest BCUT2D eigenvalue weighted by Crippen LogP contribution is 2.50. The molecule has 6 heteroatoms. The first-order chi connectivity index (χ1) is 13.1. The van der Waals surface area contributed by atoms with Gasteiger partial charge in [-0.2, -0.15) is 0 Å². The number of hydrogen-bond acceptors (Lipinski definition) is 5. The number of benzene rings is 2. The number of nitrogens with zero attached hydrogens (tertiary/aromatic N) is 1. The van der Waals surface area contributed by atoms with Crippen LogP contribution in [0, 0.1) is 0 Å². The van der Waals surface area contributed by atoms with Gasteiger partial charge in [-0.1, -0.05) is 6.07 Å². The number of ether oxygens (including phenoxy) is 4. The maximum atomic E-state index is 12.6. The topological polar surface area (TPSA) is 57.2 Å². The fraction of sp³-hybridized carbons (Fsp3) is 0.381. The minimum absolute atomic E-state index is 0.0808. The summed E-state index contributed by atoms with van der Waals surface area (Å²) in [7, 11) is 6.35. The van der Waals surface area contributed by atoms with Gasteiger partial charge in [-0.3, -0.25) is 4.90 Å². The average Bonchev–Trinajstić information content (AvgIpc) is 2.71. The molecule has 0 spiro atoms. The van der Waals surface area contributed by atoms with Crippen LogP contribution in [0.4, 0.5) is 4.79 Å². The monoisotopic (exact) mass is 369 g/mol. The Morgan fingerprint density at radius 2 is 1.48 bits per heavy atom. The summed E-state index contributed by atoms with van der Waals surface area (Å²) < 4.78 is 21.5. The minimum atomic E-state index is -0.313. The van der Waals surface area contributed by atoms with E-state index in [0.29, 0.717) is 24.3 Å². The molecular formula is C21H23NO5. The van der Waals surface area contributed by atoms with Crippen LogP contribution in [-0.2, 0) is 17.6 Å². The smallest absolute Gasteiger partial charge is 0.410 e. The number of fused-ring (bicyclic) bond motifs is 6. The quantitative estimate of drug-likeness (QED) is 0.826. The molecular weight excluding hydrogens is 346 g/mol. The maximum Gasteiger partial charge on any atom is 0.410 e. The van der Waals surface area contributed by atoms with Crippen LogP contribution in [0.2, 0.25) is 0 Å². The zero-order chi connectivity index (χ0) is 19.1. The van der Waals surface area contributed by atoms with Crippen molar-refractivity contribution in [3.05, 3.63) is 52.6 Å². The van der Waals surface area contributed by atoms with Crippen molar-refractivity contribution >= 4 is 6.09 Å². The molecule has 0 aromatic heterocycles. The molecule has 0 saturated carbocycles. The van der Waals surface area contributed by atoms with Crippen molar-refractivity contribution in [2.24, 2.45) is 0 Å². The second-order valence-electron chi connectivity index (χ2n) is 6.79. The van der Waals surface area contributed by atoms with Gasteiger partial charge in [-0.25, -0.2) is 4.79 Å². The standard InChI is InChI=1S/C21H23NO5/c1-24-14-5-6-15-12(7-14)8-18-16-11-20(26-3)19(25-2)10-13(16)9-17(15)22(18)21(23)27-4/h5-7,10-11,17-18H,8-9H2,1-4H3. The van der Waals surface area contributed by atoms with Crippen LogP contribution in [0.15, 0.2) is 30.3 Å². The van der Waals surface area contributed by atoms with E-state index in [2.05, 4.69) is 12.1 Å². The Balaban J connectivity index is 1.88. The summed E-state index contributed by atoms with van der Waals surface area (Å²) in [4.78, 5) is 14.5. The molecule has 2 atom stereocenters. The number of carbonyl (C=O) groups is 1. The summed E-state index contributed by atoms with van der Waals surface area (Å²) in [6.45, 7) is 0. The molecule has 2 heterocycles. The molecule has 27 heavy (non-hydrogen) atoms. The normalized spacial score (nSPS) is 19.6. The number of amides is 1. The lowest BCUT2D eigenvalue weighted by molar-refractivity contribution is 0.0668. The summed E-state index contributed by atoms with van der Waals surface area (Å²) in [6.07, 6.45) is 1.08. The molecule has 2 aromatic carbocycles. The highest BCUT2D eigenvalue weighted by atomic mass is 16.5. The first-order valence-corrected chi connectivity index (χ1v) is 8.89. The molecule has 1 amide bonds. The van der Waals surface area contributed by atoms with Crippen LogP contribution in [-0.4, -0.2) is 39.4 Å². The van der Waals surface area contributed by atoms with Crippen molar-refractivity contribution in [3.8, 4) is 17.2 Å². The van der Waals surface area contributed by atoms with Crippen molar-refractivity contribution < 1.29 is 23.7 Å². The highest BCUT2D eigenvalue weighted by molar-refractivity contribution is 5.71. The van der Waals surface area contributed by atoms with Crippen molar-refractivity contribution in [1.82, 2.24) is 4.90 Å². The van der Waals surface area contributed by atoms with E-state index in [1.165, 1.54) is 18.2 Å². The maximum absolute atomic E-state index is 12.6. The van der Waals surface area contributed by atoms with Gasteiger partial charge in [0, 0.05) is 0 Å². The van der Waals surface area contributed by atoms with Crippen LogP contribution in [0.25, 0.3) is 0 Å². The predicted molar refractivity (Wildman–Crippen MR) is 99.7 cm³/mol. The van der Waals surface area contributed by atoms with Gasteiger partial charge in [-0.15, -0.1) is 0 Å². The lowest BCUT2D eigenvalue weighted by Crippen LogP contribution is -2.46. The van der Waals surface area contributed by atoms with E-state index in [1.54, 1.807) is 21.3 Å². The molecule has 2 unspecified atom stereocenters. The Hall–Kier alpha value is -2.89. The molecule has 6 nitrogen and oxygen atoms in total. The molecule has 4 rings (SSSR count). The minimum Gasteiger partial charge on any atom is -0.497 e. The number of rotatable bonds is 3. The number of carbonyl (C=O) groups excluding carboxylic acids is 1. The van der Waals surface area contributed by atoms with Crippen LogP contribution in [0.3, 0.4) is 0 Å². The Kier molecular flexibility index (Phi) is 4.34. The van der Waals surface area contributed by atoms with E-state index in [-0.39, 0.29) is 18.2 Å². The summed E-state index contributed by atoms with van der Waals surface area (Å²) in [6, 6.07) is 9.87. The van der Waals surface area contributed by atoms with Gasteiger partial charge in [0.2, 0.25) is 0 Å².